The maximum Gasteiger partial charge on any atom is 0.253 e. The van der Waals surface area contributed by atoms with Gasteiger partial charge in [-0.25, -0.2) is 9.97 Å². The zero-order chi connectivity index (χ0) is 16.5. The van der Waals surface area contributed by atoms with Crippen LogP contribution in [0.4, 0.5) is 5.95 Å². The molecular weight excluding hydrogens is 300 g/mol. The number of aromatic nitrogens is 2. The number of amides is 1. The van der Waals surface area contributed by atoms with E-state index in [4.69, 9.17) is 0 Å². The molecule has 3 heterocycles. The molecule has 1 aromatic heterocycles. The molecule has 2 saturated heterocycles. The summed E-state index contributed by atoms with van der Waals surface area (Å²) in [5.41, 5.74) is 1.97. The van der Waals surface area contributed by atoms with Crippen molar-refractivity contribution in [2.75, 3.05) is 31.1 Å². The fourth-order valence-corrected chi connectivity index (χ4v) is 3.85. The molecule has 2 aliphatic rings. The fraction of sp³-hybridized carbons (Fsp3) is 0.421. The molecule has 124 valence electrons. The highest BCUT2D eigenvalue weighted by atomic mass is 16.2. The second kappa shape index (κ2) is 6.23. The monoisotopic (exact) mass is 322 g/mol. The minimum absolute atomic E-state index is 0.159. The van der Waals surface area contributed by atoms with Crippen molar-refractivity contribution in [3.05, 3.63) is 53.9 Å². The SMILES string of the molecule is Cc1ccc(C(=O)N2C[C@H]3CCN(c4ncccn4)C[C@H]3C2)cc1. The zero-order valence-corrected chi connectivity index (χ0v) is 13.9. The molecule has 2 fully saturated rings. The predicted octanol–water partition coefficient (Wildman–Crippen LogP) is 2.38. The predicted molar refractivity (Wildman–Crippen MR) is 92.9 cm³/mol. The number of hydrogen-bond acceptors (Lipinski definition) is 4. The van der Waals surface area contributed by atoms with Crippen molar-refractivity contribution in [1.82, 2.24) is 14.9 Å². The van der Waals surface area contributed by atoms with Crippen LogP contribution in [-0.4, -0.2) is 47.0 Å². The molecule has 1 amide bonds. The normalized spacial score (nSPS) is 23.2. The zero-order valence-electron chi connectivity index (χ0n) is 13.9. The van der Waals surface area contributed by atoms with Gasteiger partial charge in [0.1, 0.15) is 0 Å². The van der Waals surface area contributed by atoms with Gasteiger partial charge in [-0.3, -0.25) is 4.79 Å². The molecular formula is C19H22N4O. The Kier molecular flexibility index (Phi) is 3.92. The number of hydrogen-bond donors (Lipinski definition) is 0. The van der Waals surface area contributed by atoms with Crippen LogP contribution in [0.3, 0.4) is 0 Å². The fourth-order valence-electron chi connectivity index (χ4n) is 3.85. The summed E-state index contributed by atoms with van der Waals surface area (Å²) in [6, 6.07) is 9.72. The van der Waals surface area contributed by atoms with Crippen LogP contribution in [0, 0.1) is 18.8 Å². The summed E-state index contributed by atoms with van der Waals surface area (Å²) in [5.74, 6) is 2.07. The number of carbonyl (C=O) groups is 1. The van der Waals surface area contributed by atoms with Gasteiger partial charge in [0.25, 0.3) is 5.91 Å². The quantitative estimate of drug-likeness (QED) is 0.852. The minimum atomic E-state index is 0.159. The van der Waals surface area contributed by atoms with Gasteiger partial charge in [0.05, 0.1) is 0 Å². The van der Waals surface area contributed by atoms with Crippen LogP contribution in [0.1, 0.15) is 22.3 Å². The van der Waals surface area contributed by atoms with Gasteiger partial charge in [0, 0.05) is 44.1 Å². The van der Waals surface area contributed by atoms with Crippen LogP contribution in [0.5, 0.6) is 0 Å². The molecule has 0 radical (unpaired) electrons. The lowest BCUT2D eigenvalue weighted by molar-refractivity contribution is 0.0784. The van der Waals surface area contributed by atoms with Crippen LogP contribution < -0.4 is 4.90 Å². The van der Waals surface area contributed by atoms with Gasteiger partial charge in [-0.15, -0.1) is 0 Å². The van der Waals surface area contributed by atoms with E-state index in [2.05, 4.69) is 14.9 Å². The van der Waals surface area contributed by atoms with E-state index < -0.39 is 0 Å². The average molecular weight is 322 g/mol. The number of likely N-dealkylation sites (tertiary alicyclic amines) is 1. The lowest BCUT2D eigenvalue weighted by atomic mass is 9.89. The number of benzene rings is 1. The molecule has 24 heavy (non-hydrogen) atoms. The number of aryl methyl sites for hydroxylation is 1. The van der Waals surface area contributed by atoms with Gasteiger partial charge in [-0.2, -0.15) is 0 Å². The van der Waals surface area contributed by atoms with Crippen molar-refractivity contribution in [3.8, 4) is 0 Å². The summed E-state index contributed by atoms with van der Waals surface area (Å²) in [6.07, 6.45) is 4.67. The van der Waals surface area contributed by atoms with E-state index in [-0.39, 0.29) is 5.91 Å². The van der Waals surface area contributed by atoms with Crippen LogP contribution in [0.15, 0.2) is 42.7 Å². The largest absolute Gasteiger partial charge is 0.340 e. The Morgan fingerprint density at radius 3 is 2.50 bits per heavy atom. The van der Waals surface area contributed by atoms with Crippen molar-refractivity contribution in [2.24, 2.45) is 11.8 Å². The van der Waals surface area contributed by atoms with E-state index in [0.29, 0.717) is 11.8 Å². The summed E-state index contributed by atoms with van der Waals surface area (Å²) in [4.78, 5) is 25.7. The van der Waals surface area contributed by atoms with Gasteiger partial charge in [-0.1, -0.05) is 17.7 Å². The van der Waals surface area contributed by atoms with Gasteiger partial charge >= 0.3 is 0 Å². The van der Waals surface area contributed by atoms with Crippen LogP contribution in [0.25, 0.3) is 0 Å². The van der Waals surface area contributed by atoms with Crippen LogP contribution in [0.2, 0.25) is 0 Å². The molecule has 2 aliphatic heterocycles. The Morgan fingerprint density at radius 1 is 1.04 bits per heavy atom. The van der Waals surface area contributed by atoms with Gasteiger partial charge in [0.15, 0.2) is 0 Å². The lowest BCUT2D eigenvalue weighted by Crippen LogP contribution is -2.40. The molecule has 2 atom stereocenters. The average Bonchev–Trinajstić information content (AvgIpc) is 3.06. The smallest absolute Gasteiger partial charge is 0.253 e. The summed E-state index contributed by atoms with van der Waals surface area (Å²) < 4.78 is 0. The van der Waals surface area contributed by atoms with Crippen molar-refractivity contribution in [3.63, 3.8) is 0 Å². The first-order valence-corrected chi connectivity index (χ1v) is 8.58. The van der Waals surface area contributed by atoms with Gasteiger partial charge < -0.3 is 9.80 Å². The molecule has 0 spiro atoms. The second-order valence-electron chi connectivity index (χ2n) is 6.88. The summed E-state index contributed by atoms with van der Waals surface area (Å²) in [6.45, 7) is 5.66. The third kappa shape index (κ3) is 2.86. The first-order chi connectivity index (χ1) is 11.7. The van der Waals surface area contributed by atoms with E-state index in [9.17, 15) is 4.79 Å². The van der Waals surface area contributed by atoms with E-state index in [0.717, 1.165) is 44.1 Å². The van der Waals surface area contributed by atoms with Crippen molar-refractivity contribution < 1.29 is 4.79 Å². The number of nitrogens with zero attached hydrogens (tertiary/aromatic N) is 4. The molecule has 0 bridgehead atoms. The van der Waals surface area contributed by atoms with E-state index in [1.807, 2.05) is 42.2 Å². The van der Waals surface area contributed by atoms with Crippen molar-refractivity contribution >= 4 is 11.9 Å². The molecule has 5 heteroatoms. The molecule has 5 nitrogen and oxygen atoms in total. The number of carbonyl (C=O) groups excluding carboxylic acids is 1. The molecule has 4 rings (SSSR count). The van der Waals surface area contributed by atoms with E-state index >= 15 is 0 Å². The van der Waals surface area contributed by atoms with Gasteiger partial charge in [-0.05, 0) is 43.4 Å². The van der Waals surface area contributed by atoms with Crippen LogP contribution >= 0.6 is 0 Å². The third-order valence-corrected chi connectivity index (χ3v) is 5.22. The lowest BCUT2D eigenvalue weighted by Gasteiger charge is -2.34. The number of piperidine rings is 1. The number of fused-ring (bicyclic) bond motifs is 1. The molecule has 0 unspecified atom stereocenters. The Balaban J connectivity index is 1.44. The molecule has 2 aromatic rings. The first-order valence-electron chi connectivity index (χ1n) is 8.58. The highest BCUT2D eigenvalue weighted by Crippen LogP contribution is 2.33. The Bertz CT molecular complexity index is 716. The molecule has 0 N–H and O–H groups in total. The standard InChI is InChI=1S/C19H22N4O/c1-14-3-5-15(6-4-14)18(24)23-11-16-7-10-22(12-17(16)13-23)19-20-8-2-9-21-19/h2-6,8-9,16-17H,7,10-13H2,1H3/t16-,17+/m1/s1. The molecule has 1 aromatic carbocycles. The third-order valence-electron chi connectivity index (χ3n) is 5.22. The summed E-state index contributed by atoms with van der Waals surface area (Å²) in [7, 11) is 0. The Hall–Kier alpha value is -2.43. The highest BCUT2D eigenvalue weighted by molar-refractivity contribution is 5.94. The summed E-state index contributed by atoms with van der Waals surface area (Å²) >= 11 is 0. The van der Waals surface area contributed by atoms with E-state index in [1.165, 1.54) is 5.56 Å². The number of anilines is 1. The van der Waals surface area contributed by atoms with Crippen LogP contribution in [-0.2, 0) is 0 Å². The number of rotatable bonds is 2. The second-order valence-corrected chi connectivity index (χ2v) is 6.88. The summed E-state index contributed by atoms with van der Waals surface area (Å²) in [5, 5.41) is 0. The topological polar surface area (TPSA) is 49.3 Å². The molecule has 0 saturated carbocycles. The maximum absolute atomic E-state index is 12.7. The Labute approximate surface area is 142 Å². The first kappa shape index (κ1) is 15.1. The minimum Gasteiger partial charge on any atom is -0.340 e. The maximum atomic E-state index is 12.7. The van der Waals surface area contributed by atoms with Crippen molar-refractivity contribution in [2.45, 2.75) is 13.3 Å². The van der Waals surface area contributed by atoms with E-state index in [1.54, 1.807) is 12.4 Å². The molecule has 0 aliphatic carbocycles. The highest BCUT2D eigenvalue weighted by Gasteiger charge is 2.39. The van der Waals surface area contributed by atoms with Crippen molar-refractivity contribution in [1.29, 1.82) is 0 Å². The Morgan fingerprint density at radius 2 is 1.75 bits per heavy atom. The van der Waals surface area contributed by atoms with Gasteiger partial charge in [0.2, 0.25) is 5.95 Å².